The van der Waals surface area contributed by atoms with Gasteiger partial charge < -0.3 is 24.6 Å². The first-order valence-electron chi connectivity index (χ1n) is 9.07. The summed E-state index contributed by atoms with van der Waals surface area (Å²) in [5.74, 6) is -0.0200. The highest BCUT2D eigenvalue weighted by Crippen LogP contribution is 2.35. The van der Waals surface area contributed by atoms with Crippen molar-refractivity contribution in [1.82, 2.24) is 5.32 Å². The second kappa shape index (κ2) is 8.40. The van der Waals surface area contributed by atoms with Gasteiger partial charge in [-0.15, -0.1) is 0 Å². The topological polar surface area (TPSA) is 94.1 Å². The monoisotopic (exact) mass is 363 g/mol. The maximum atomic E-state index is 12.3. The number of para-hydroxylation sites is 1. The van der Waals surface area contributed by atoms with Gasteiger partial charge in [0.1, 0.15) is 6.10 Å². The highest BCUT2D eigenvalue weighted by Gasteiger charge is 2.34. The van der Waals surface area contributed by atoms with Crippen molar-refractivity contribution in [2.24, 2.45) is 0 Å². The predicted octanol–water partition coefficient (Wildman–Crippen LogP) is 2.26. The predicted molar refractivity (Wildman–Crippen MR) is 93.3 cm³/mol. The van der Waals surface area contributed by atoms with E-state index in [9.17, 15) is 9.59 Å². The lowest BCUT2D eigenvalue weighted by atomic mass is 10.1. The fraction of sp³-hybridized carbons (Fsp3) is 0.579. The van der Waals surface area contributed by atoms with E-state index in [0.29, 0.717) is 24.3 Å². The molecule has 142 valence electrons. The number of carboxylic acids is 1. The van der Waals surface area contributed by atoms with Crippen molar-refractivity contribution >= 4 is 11.9 Å². The van der Waals surface area contributed by atoms with Crippen LogP contribution in [0.2, 0.25) is 0 Å². The zero-order valence-corrected chi connectivity index (χ0v) is 14.9. The Kier molecular flexibility index (Phi) is 5.98. The van der Waals surface area contributed by atoms with E-state index in [-0.39, 0.29) is 18.6 Å². The van der Waals surface area contributed by atoms with Crippen molar-refractivity contribution in [1.29, 1.82) is 0 Å². The van der Waals surface area contributed by atoms with Crippen LogP contribution in [-0.4, -0.2) is 42.4 Å². The summed E-state index contributed by atoms with van der Waals surface area (Å²) in [6, 6.07) is 5.59. The van der Waals surface area contributed by atoms with Gasteiger partial charge in [-0.2, -0.15) is 0 Å². The minimum absolute atomic E-state index is 0.176. The maximum Gasteiger partial charge on any atom is 0.332 e. The van der Waals surface area contributed by atoms with Crippen molar-refractivity contribution < 1.29 is 28.9 Å². The lowest BCUT2D eigenvalue weighted by Crippen LogP contribution is -2.35. The van der Waals surface area contributed by atoms with Crippen LogP contribution in [0.25, 0.3) is 0 Å². The number of hydrogen-bond acceptors (Lipinski definition) is 5. The molecule has 0 bridgehead atoms. The van der Waals surface area contributed by atoms with Gasteiger partial charge in [0.25, 0.3) is 0 Å². The van der Waals surface area contributed by atoms with E-state index in [4.69, 9.17) is 19.3 Å². The van der Waals surface area contributed by atoms with Crippen molar-refractivity contribution in [2.75, 3.05) is 7.11 Å². The number of benzene rings is 1. The van der Waals surface area contributed by atoms with Crippen LogP contribution >= 0.6 is 0 Å². The smallest absolute Gasteiger partial charge is 0.332 e. The Hall–Kier alpha value is -2.28. The first-order valence-corrected chi connectivity index (χ1v) is 9.07. The van der Waals surface area contributed by atoms with E-state index in [0.717, 1.165) is 31.2 Å². The highest BCUT2D eigenvalue weighted by atomic mass is 16.5. The lowest BCUT2D eigenvalue weighted by molar-refractivity contribution is -0.151. The van der Waals surface area contributed by atoms with Crippen LogP contribution in [-0.2, 0) is 20.9 Å². The number of hydrogen-bond donors (Lipinski definition) is 2. The van der Waals surface area contributed by atoms with Crippen molar-refractivity contribution in [3.8, 4) is 11.5 Å². The van der Waals surface area contributed by atoms with Gasteiger partial charge >= 0.3 is 5.97 Å². The molecule has 0 aromatic heterocycles. The van der Waals surface area contributed by atoms with E-state index in [1.807, 2.05) is 18.2 Å². The molecule has 2 fully saturated rings. The van der Waals surface area contributed by atoms with Gasteiger partial charge in [-0.25, -0.2) is 4.79 Å². The van der Waals surface area contributed by atoms with Crippen LogP contribution < -0.4 is 14.8 Å². The third-order valence-electron chi connectivity index (χ3n) is 4.91. The summed E-state index contributed by atoms with van der Waals surface area (Å²) in [4.78, 5) is 23.2. The minimum Gasteiger partial charge on any atom is -0.493 e. The standard InChI is InChI=1S/C19H25NO6/c1-24-14-8-4-5-12(17(14)25-13-6-2-3-7-13)11-20-18(21)15-9-10-16(26-15)19(22)23/h4-5,8,13,15-16H,2-3,6-7,9-11H2,1H3,(H,20,21)(H,22,23)/t15-,16+/m0/s1. The van der Waals surface area contributed by atoms with Crippen LogP contribution in [0, 0.1) is 0 Å². The molecule has 7 nitrogen and oxygen atoms in total. The Bertz CT molecular complexity index is 655. The van der Waals surface area contributed by atoms with Crippen molar-refractivity contribution in [3.05, 3.63) is 23.8 Å². The second-order valence-electron chi connectivity index (χ2n) is 6.72. The van der Waals surface area contributed by atoms with Crippen LogP contribution in [0.15, 0.2) is 18.2 Å². The largest absolute Gasteiger partial charge is 0.493 e. The van der Waals surface area contributed by atoms with E-state index < -0.39 is 18.2 Å². The quantitative estimate of drug-likeness (QED) is 0.772. The zero-order chi connectivity index (χ0) is 18.5. The van der Waals surface area contributed by atoms with Gasteiger partial charge in [-0.05, 0) is 44.6 Å². The Morgan fingerprint density at radius 2 is 1.92 bits per heavy atom. The van der Waals surface area contributed by atoms with Gasteiger partial charge in [0, 0.05) is 12.1 Å². The van der Waals surface area contributed by atoms with E-state index >= 15 is 0 Å². The number of carbonyl (C=O) groups is 2. The molecule has 1 aromatic rings. The molecular formula is C19H25NO6. The number of nitrogens with one attached hydrogen (secondary N) is 1. The van der Waals surface area contributed by atoms with Gasteiger partial charge in [0.15, 0.2) is 17.6 Å². The minimum atomic E-state index is -1.03. The number of rotatable bonds is 7. The Morgan fingerprint density at radius 1 is 1.19 bits per heavy atom. The van der Waals surface area contributed by atoms with E-state index in [2.05, 4.69) is 5.32 Å². The molecule has 7 heteroatoms. The molecule has 0 radical (unpaired) electrons. The Balaban J connectivity index is 1.63. The maximum absolute atomic E-state index is 12.3. The summed E-state index contributed by atoms with van der Waals surface area (Å²) in [6.07, 6.45) is 3.69. The molecule has 0 unspecified atom stereocenters. The number of carbonyl (C=O) groups excluding carboxylic acids is 1. The van der Waals surface area contributed by atoms with E-state index in [1.165, 1.54) is 0 Å². The number of methoxy groups -OCH3 is 1. The molecule has 1 saturated carbocycles. The van der Waals surface area contributed by atoms with Gasteiger partial charge in [0.2, 0.25) is 5.91 Å². The summed E-state index contributed by atoms with van der Waals surface area (Å²) >= 11 is 0. The summed E-state index contributed by atoms with van der Waals surface area (Å²) < 4.78 is 16.9. The molecule has 1 heterocycles. The van der Waals surface area contributed by atoms with Gasteiger partial charge in [0.05, 0.1) is 13.2 Å². The van der Waals surface area contributed by atoms with Gasteiger partial charge in [-0.1, -0.05) is 12.1 Å². The summed E-state index contributed by atoms with van der Waals surface area (Å²) in [7, 11) is 1.59. The van der Waals surface area contributed by atoms with E-state index in [1.54, 1.807) is 7.11 Å². The third-order valence-corrected chi connectivity index (χ3v) is 4.91. The molecule has 1 aliphatic carbocycles. The molecule has 1 aromatic carbocycles. The number of aliphatic carboxylic acids is 1. The SMILES string of the molecule is COc1cccc(CNC(=O)[C@@H]2CC[C@H](C(=O)O)O2)c1OC1CCCC1. The summed E-state index contributed by atoms with van der Waals surface area (Å²) in [5.41, 5.74) is 0.831. The van der Waals surface area contributed by atoms with Crippen LogP contribution in [0.5, 0.6) is 11.5 Å². The molecule has 0 spiro atoms. The molecule has 26 heavy (non-hydrogen) atoms. The van der Waals surface area contributed by atoms with Gasteiger partial charge in [-0.3, -0.25) is 4.79 Å². The van der Waals surface area contributed by atoms with Crippen LogP contribution in [0.4, 0.5) is 0 Å². The third kappa shape index (κ3) is 4.27. The average molecular weight is 363 g/mol. The summed E-state index contributed by atoms with van der Waals surface area (Å²) in [5, 5.41) is 11.8. The molecule has 2 aliphatic rings. The number of carboxylic acid groups (broad SMARTS) is 1. The summed E-state index contributed by atoms with van der Waals surface area (Å²) in [6.45, 7) is 0.273. The average Bonchev–Trinajstić information content (AvgIpc) is 3.32. The number of amides is 1. The molecule has 2 atom stereocenters. The Labute approximate surface area is 152 Å². The molecule has 3 rings (SSSR count). The van der Waals surface area contributed by atoms with Crippen LogP contribution in [0.1, 0.15) is 44.1 Å². The fourth-order valence-electron chi connectivity index (χ4n) is 3.48. The van der Waals surface area contributed by atoms with Crippen LogP contribution in [0.3, 0.4) is 0 Å². The lowest BCUT2D eigenvalue weighted by Gasteiger charge is -2.20. The molecular weight excluding hydrogens is 338 g/mol. The van der Waals surface area contributed by atoms with Crippen molar-refractivity contribution in [2.45, 2.75) is 63.4 Å². The molecule has 1 aliphatic heterocycles. The normalized spacial score (nSPS) is 23.0. The fourth-order valence-corrected chi connectivity index (χ4v) is 3.48. The molecule has 1 saturated heterocycles. The first kappa shape index (κ1) is 18.5. The molecule has 2 N–H and O–H groups in total. The highest BCUT2D eigenvalue weighted by molar-refractivity contribution is 5.82. The Morgan fingerprint density at radius 3 is 2.58 bits per heavy atom. The second-order valence-corrected chi connectivity index (χ2v) is 6.72. The first-order chi connectivity index (χ1) is 12.6. The number of ether oxygens (including phenoxy) is 3. The molecule has 1 amide bonds. The zero-order valence-electron chi connectivity index (χ0n) is 14.9. The van der Waals surface area contributed by atoms with Crippen molar-refractivity contribution in [3.63, 3.8) is 0 Å².